The van der Waals surface area contributed by atoms with E-state index in [2.05, 4.69) is 22.0 Å². The fourth-order valence-electron chi connectivity index (χ4n) is 2.64. The van der Waals surface area contributed by atoms with Gasteiger partial charge >= 0.3 is 5.97 Å². The van der Waals surface area contributed by atoms with Crippen molar-refractivity contribution in [3.8, 4) is 6.07 Å². The minimum atomic E-state index is -0.860. The molecule has 0 unspecified atom stereocenters. The lowest BCUT2D eigenvalue weighted by molar-refractivity contribution is -0.142. The third-order valence-electron chi connectivity index (χ3n) is 3.93. The van der Waals surface area contributed by atoms with Gasteiger partial charge in [-0.15, -0.1) is 0 Å². The lowest BCUT2D eigenvalue weighted by Gasteiger charge is -2.07. The van der Waals surface area contributed by atoms with Crippen molar-refractivity contribution < 1.29 is 18.8 Å². The van der Waals surface area contributed by atoms with Crippen LogP contribution in [0.4, 0.5) is 5.88 Å². The van der Waals surface area contributed by atoms with E-state index in [0.29, 0.717) is 5.69 Å². The van der Waals surface area contributed by atoms with Crippen molar-refractivity contribution in [1.82, 2.24) is 9.72 Å². The van der Waals surface area contributed by atoms with Crippen molar-refractivity contribution in [3.05, 3.63) is 40.4 Å². The molecule has 0 aliphatic rings. The van der Waals surface area contributed by atoms with Crippen molar-refractivity contribution in [2.45, 2.75) is 40.7 Å². The average molecular weight is 370 g/mol. The minimum Gasteiger partial charge on any atom is -0.451 e. The molecular weight excluding hydrogens is 348 g/mol. The molecule has 2 heterocycles. The largest absolute Gasteiger partial charge is 0.451 e. The van der Waals surface area contributed by atoms with Crippen LogP contribution < -0.4 is 5.32 Å². The molecule has 8 nitrogen and oxygen atoms in total. The zero-order chi connectivity index (χ0) is 20.0. The number of esters is 1. The van der Waals surface area contributed by atoms with Crippen molar-refractivity contribution >= 4 is 23.8 Å². The molecule has 27 heavy (non-hydrogen) atoms. The van der Waals surface area contributed by atoms with Crippen molar-refractivity contribution in [2.75, 3.05) is 11.9 Å². The number of ether oxygens (including phenoxy) is 1. The molecule has 2 aromatic rings. The first kappa shape index (κ1) is 20.0. The quantitative estimate of drug-likeness (QED) is 0.456. The number of nitrogens with zero attached hydrogens (tertiary/aromatic N) is 3. The van der Waals surface area contributed by atoms with Gasteiger partial charge in [-0.25, -0.2) is 4.79 Å². The topological polar surface area (TPSA) is 110 Å². The molecule has 0 aliphatic carbocycles. The number of amides is 1. The molecule has 8 heteroatoms. The summed E-state index contributed by atoms with van der Waals surface area (Å²) in [7, 11) is 0. The van der Waals surface area contributed by atoms with E-state index >= 15 is 0 Å². The van der Waals surface area contributed by atoms with Crippen molar-refractivity contribution in [2.24, 2.45) is 0 Å². The zero-order valence-corrected chi connectivity index (χ0v) is 15.8. The second kappa shape index (κ2) is 8.85. The molecule has 0 fully saturated rings. The van der Waals surface area contributed by atoms with Gasteiger partial charge < -0.3 is 13.8 Å². The van der Waals surface area contributed by atoms with E-state index in [0.717, 1.165) is 29.9 Å². The zero-order valence-electron chi connectivity index (χ0n) is 15.8. The van der Waals surface area contributed by atoms with Gasteiger partial charge in [-0.3, -0.25) is 10.1 Å². The number of hydrogen-bond acceptors (Lipinski definition) is 6. The van der Waals surface area contributed by atoms with Crippen LogP contribution in [0.1, 0.15) is 36.0 Å². The third-order valence-corrected chi connectivity index (χ3v) is 3.93. The first-order valence-electron chi connectivity index (χ1n) is 8.54. The highest BCUT2D eigenvalue weighted by atomic mass is 16.5. The molecule has 0 atom stereocenters. The maximum atomic E-state index is 12.1. The van der Waals surface area contributed by atoms with Gasteiger partial charge in [0.05, 0.1) is 5.69 Å². The molecule has 2 rings (SSSR count). The summed E-state index contributed by atoms with van der Waals surface area (Å²) in [5.74, 6) is -1.28. The fourth-order valence-corrected chi connectivity index (χ4v) is 2.64. The normalized spacial score (nSPS) is 11.1. The highest BCUT2D eigenvalue weighted by Crippen LogP contribution is 2.19. The number of anilines is 1. The number of nitrogens with one attached hydrogen (secondary N) is 1. The Morgan fingerprint density at radius 3 is 2.70 bits per heavy atom. The van der Waals surface area contributed by atoms with E-state index in [9.17, 15) is 14.9 Å². The molecule has 0 bridgehead atoms. The Kier molecular flexibility index (Phi) is 6.55. The maximum absolute atomic E-state index is 12.1. The molecule has 0 saturated heterocycles. The van der Waals surface area contributed by atoms with Gasteiger partial charge in [0.25, 0.3) is 5.91 Å². The Balaban J connectivity index is 2.03. The lowest BCUT2D eigenvalue weighted by atomic mass is 10.1. The number of aryl methyl sites for hydroxylation is 2. The lowest BCUT2D eigenvalue weighted by Crippen LogP contribution is -2.21. The van der Waals surface area contributed by atoms with Crippen LogP contribution >= 0.6 is 0 Å². The molecule has 142 valence electrons. The SMILES string of the molecule is CCCn1c(C)cc(/C=C(\C#N)C(=O)OCC(=O)Nc2cc(C)no2)c1C. The molecule has 1 N–H and O–H groups in total. The van der Waals surface area contributed by atoms with Gasteiger partial charge in [-0.2, -0.15) is 5.26 Å². The third kappa shape index (κ3) is 5.07. The van der Waals surface area contributed by atoms with Crippen LogP contribution in [0.3, 0.4) is 0 Å². The number of carbonyl (C=O) groups excluding carboxylic acids is 2. The second-order valence-electron chi connectivity index (χ2n) is 6.10. The number of aromatic nitrogens is 2. The summed E-state index contributed by atoms with van der Waals surface area (Å²) in [6, 6.07) is 5.28. The maximum Gasteiger partial charge on any atom is 0.349 e. The van der Waals surface area contributed by atoms with Gasteiger partial charge in [-0.05, 0) is 44.9 Å². The fraction of sp³-hybridized carbons (Fsp3) is 0.368. The van der Waals surface area contributed by atoms with E-state index in [-0.39, 0.29) is 11.5 Å². The molecule has 1 amide bonds. The Hall–Kier alpha value is -3.34. The van der Waals surface area contributed by atoms with Crippen LogP contribution in [0.15, 0.2) is 22.2 Å². The highest BCUT2D eigenvalue weighted by molar-refractivity contribution is 6.00. The summed E-state index contributed by atoms with van der Waals surface area (Å²) in [6.07, 6.45) is 2.46. The second-order valence-corrected chi connectivity index (χ2v) is 6.10. The van der Waals surface area contributed by atoms with Gasteiger partial charge in [-0.1, -0.05) is 12.1 Å². The Morgan fingerprint density at radius 2 is 2.11 bits per heavy atom. The van der Waals surface area contributed by atoms with Crippen LogP contribution in [-0.2, 0) is 20.9 Å². The van der Waals surface area contributed by atoms with E-state index < -0.39 is 18.5 Å². The number of carbonyl (C=O) groups is 2. The van der Waals surface area contributed by atoms with Crippen LogP contribution in [0, 0.1) is 32.1 Å². The molecule has 0 spiro atoms. The summed E-state index contributed by atoms with van der Waals surface area (Å²) in [4.78, 5) is 23.9. The molecule has 0 aromatic carbocycles. The summed E-state index contributed by atoms with van der Waals surface area (Å²) in [5.41, 5.74) is 3.23. The smallest absolute Gasteiger partial charge is 0.349 e. The van der Waals surface area contributed by atoms with Gasteiger partial charge in [0, 0.05) is 24.0 Å². The summed E-state index contributed by atoms with van der Waals surface area (Å²) >= 11 is 0. The number of nitriles is 1. The summed E-state index contributed by atoms with van der Waals surface area (Å²) in [6.45, 7) is 8.02. The van der Waals surface area contributed by atoms with Crippen LogP contribution in [0.25, 0.3) is 6.08 Å². The molecule has 0 radical (unpaired) electrons. The Labute approximate surface area is 157 Å². The standard InChI is InChI=1S/C19H22N4O4/c1-5-6-23-13(3)8-15(14(23)4)9-16(10-20)19(25)26-11-17(24)21-18-7-12(2)22-27-18/h7-9H,5-6,11H2,1-4H3,(H,21,24)/b16-9+. The highest BCUT2D eigenvalue weighted by Gasteiger charge is 2.16. The first-order valence-corrected chi connectivity index (χ1v) is 8.54. The summed E-state index contributed by atoms with van der Waals surface area (Å²) in [5, 5.41) is 15.3. The van der Waals surface area contributed by atoms with E-state index in [4.69, 9.17) is 9.26 Å². The van der Waals surface area contributed by atoms with E-state index in [1.807, 2.05) is 26.0 Å². The molecule has 0 saturated carbocycles. The number of rotatable bonds is 7. The van der Waals surface area contributed by atoms with E-state index in [1.54, 1.807) is 6.92 Å². The predicted molar refractivity (Wildman–Crippen MR) is 98.6 cm³/mol. The molecule has 2 aromatic heterocycles. The van der Waals surface area contributed by atoms with Crippen molar-refractivity contribution in [1.29, 1.82) is 5.26 Å². The van der Waals surface area contributed by atoms with Crippen LogP contribution in [-0.4, -0.2) is 28.2 Å². The predicted octanol–water partition coefficient (Wildman–Crippen LogP) is 2.90. The first-order chi connectivity index (χ1) is 12.8. The monoisotopic (exact) mass is 370 g/mol. The molecular formula is C19H22N4O4. The van der Waals surface area contributed by atoms with Gasteiger partial charge in [0.15, 0.2) is 6.61 Å². The van der Waals surface area contributed by atoms with Crippen LogP contribution in [0.5, 0.6) is 0 Å². The van der Waals surface area contributed by atoms with Gasteiger partial charge in [0.2, 0.25) is 5.88 Å². The van der Waals surface area contributed by atoms with E-state index in [1.165, 1.54) is 12.1 Å². The summed E-state index contributed by atoms with van der Waals surface area (Å²) < 4.78 is 11.9. The molecule has 0 aliphatic heterocycles. The minimum absolute atomic E-state index is 0.160. The van der Waals surface area contributed by atoms with Gasteiger partial charge in [0.1, 0.15) is 11.6 Å². The Morgan fingerprint density at radius 1 is 1.37 bits per heavy atom. The number of hydrogen-bond donors (Lipinski definition) is 1. The Bertz CT molecular complexity index is 915. The van der Waals surface area contributed by atoms with Crippen molar-refractivity contribution in [3.63, 3.8) is 0 Å². The van der Waals surface area contributed by atoms with Crippen LogP contribution in [0.2, 0.25) is 0 Å². The average Bonchev–Trinajstić information content (AvgIpc) is 3.15.